The average Bonchev–Trinajstić information content (AvgIpc) is 3.48. The summed E-state index contributed by atoms with van der Waals surface area (Å²) >= 11 is 0. The van der Waals surface area contributed by atoms with E-state index in [1.165, 1.54) is 0 Å². The zero-order chi connectivity index (χ0) is 30.5. The lowest BCUT2D eigenvalue weighted by Crippen LogP contribution is -2.44. The number of nitrogens with zero attached hydrogens (tertiary/aromatic N) is 5. The Morgan fingerprint density at radius 1 is 1.12 bits per heavy atom. The summed E-state index contributed by atoms with van der Waals surface area (Å²) in [4.78, 5) is 31.3. The number of ether oxygens (including phenoxy) is 3. The molecule has 43 heavy (non-hydrogen) atoms. The minimum absolute atomic E-state index is 0.157. The lowest BCUT2D eigenvalue weighted by Gasteiger charge is -2.32. The van der Waals surface area contributed by atoms with Crippen molar-refractivity contribution < 1.29 is 23.8 Å². The second kappa shape index (κ2) is 13.4. The summed E-state index contributed by atoms with van der Waals surface area (Å²) in [6, 6.07) is 5.73. The van der Waals surface area contributed by atoms with Crippen LogP contribution in [-0.4, -0.2) is 69.5 Å². The van der Waals surface area contributed by atoms with Crippen LogP contribution in [0.15, 0.2) is 30.7 Å². The molecule has 2 aliphatic rings. The molecular weight excluding hydrogens is 548 g/mol. The number of benzene rings is 1. The molecule has 0 radical (unpaired) electrons. The van der Waals surface area contributed by atoms with E-state index in [2.05, 4.69) is 0 Å². The molecule has 2 aromatic heterocycles. The number of nitrogens with two attached hydrogens (primary N) is 1. The van der Waals surface area contributed by atoms with Crippen molar-refractivity contribution in [1.82, 2.24) is 19.7 Å². The van der Waals surface area contributed by atoms with Gasteiger partial charge in [-0.1, -0.05) is 0 Å². The number of likely N-dealkylation sites (tertiary alicyclic amines) is 1. The zero-order valence-electron chi connectivity index (χ0n) is 25.1. The van der Waals surface area contributed by atoms with Gasteiger partial charge in [0.1, 0.15) is 18.3 Å². The smallest absolute Gasteiger partial charge is 0.252 e. The van der Waals surface area contributed by atoms with Crippen LogP contribution in [0.25, 0.3) is 21.9 Å². The van der Waals surface area contributed by atoms with Gasteiger partial charge in [0.25, 0.3) is 5.91 Å². The first kappa shape index (κ1) is 30.3. The van der Waals surface area contributed by atoms with Gasteiger partial charge < -0.3 is 24.8 Å². The van der Waals surface area contributed by atoms with Gasteiger partial charge in [-0.25, -0.2) is 4.98 Å². The number of pyridine rings is 1. The van der Waals surface area contributed by atoms with Gasteiger partial charge in [-0.2, -0.15) is 10.4 Å². The molecule has 228 valence electrons. The Bertz CT molecular complexity index is 1500. The summed E-state index contributed by atoms with van der Waals surface area (Å²) in [5, 5.41) is 15.1. The van der Waals surface area contributed by atoms with E-state index >= 15 is 0 Å². The van der Waals surface area contributed by atoms with Crippen molar-refractivity contribution in [2.45, 2.75) is 90.1 Å². The van der Waals surface area contributed by atoms with Gasteiger partial charge in [0.15, 0.2) is 0 Å². The van der Waals surface area contributed by atoms with E-state index in [1.807, 2.05) is 43.9 Å². The van der Waals surface area contributed by atoms with Gasteiger partial charge in [0.05, 0.1) is 42.6 Å². The number of rotatable bonds is 10. The highest BCUT2D eigenvalue weighted by molar-refractivity contribution is 6.06. The highest BCUT2D eigenvalue weighted by Gasteiger charge is 2.27. The van der Waals surface area contributed by atoms with Crippen LogP contribution in [-0.2, 0) is 9.53 Å². The summed E-state index contributed by atoms with van der Waals surface area (Å²) in [7, 11) is 0. The monoisotopic (exact) mass is 588 g/mol. The van der Waals surface area contributed by atoms with E-state index in [1.54, 1.807) is 23.2 Å². The fourth-order valence-electron chi connectivity index (χ4n) is 6.10. The quantitative estimate of drug-likeness (QED) is 0.356. The van der Waals surface area contributed by atoms with Crippen LogP contribution in [0.1, 0.15) is 82.1 Å². The summed E-state index contributed by atoms with van der Waals surface area (Å²) in [6.07, 6.45) is 10.8. The first-order valence-electron chi connectivity index (χ1n) is 15.2. The van der Waals surface area contributed by atoms with Gasteiger partial charge in [0, 0.05) is 42.1 Å². The molecule has 1 saturated heterocycles. The predicted octanol–water partition coefficient (Wildman–Crippen LogP) is 4.79. The van der Waals surface area contributed by atoms with Gasteiger partial charge in [-0.05, 0) is 76.8 Å². The van der Waals surface area contributed by atoms with E-state index in [0.29, 0.717) is 36.2 Å². The number of carbonyl (C=O) groups excluding carboxylic acids is 2. The standard InChI is InChI=1S/C32H40N6O5/c1-4-41-23-9-7-22(8-10-23)38-18-21(16-36-38)28-17-35-32(43-24-6-5-13-37(19-24)30(39)11-12-33)26-15-29(42-20(2)3)27(31(34)40)14-25(26)28/h14-18,20,22-24H,4-11,13,19H2,1-3H3,(H2,34,40)/t22?,23?,24-/m1/s1. The Labute approximate surface area is 251 Å². The first-order chi connectivity index (χ1) is 20.8. The van der Waals surface area contributed by atoms with Gasteiger partial charge in [-0.15, -0.1) is 0 Å². The average molecular weight is 589 g/mol. The maximum atomic E-state index is 12.5. The normalized spacial score (nSPS) is 20.6. The van der Waals surface area contributed by atoms with E-state index < -0.39 is 5.91 Å². The Hall–Kier alpha value is -4.17. The van der Waals surface area contributed by atoms with E-state index in [-0.39, 0.29) is 36.1 Å². The van der Waals surface area contributed by atoms with Crippen molar-refractivity contribution in [3.63, 3.8) is 0 Å². The molecule has 11 nitrogen and oxygen atoms in total. The Morgan fingerprint density at radius 2 is 1.91 bits per heavy atom. The minimum atomic E-state index is -0.594. The van der Waals surface area contributed by atoms with Crippen molar-refractivity contribution in [3.05, 3.63) is 36.3 Å². The third-order valence-electron chi connectivity index (χ3n) is 8.15. The maximum absolute atomic E-state index is 12.5. The maximum Gasteiger partial charge on any atom is 0.252 e. The Morgan fingerprint density at radius 3 is 2.60 bits per heavy atom. The first-order valence-corrected chi connectivity index (χ1v) is 15.2. The predicted molar refractivity (Wildman–Crippen MR) is 161 cm³/mol. The number of hydrogen-bond acceptors (Lipinski definition) is 8. The molecular formula is C32H40N6O5. The van der Waals surface area contributed by atoms with Crippen molar-refractivity contribution in [2.24, 2.45) is 5.73 Å². The zero-order valence-corrected chi connectivity index (χ0v) is 25.1. The molecule has 1 atom stereocenters. The van der Waals surface area contributed by atoms with Crippen LogP contribution < -0.4 is 15.2 Å². The lowest BCUT2D eigenvalue weighted by molar-refractivity contribution is -0.132. The van der Waals surface area contributed by atoms with Crippen LogP contribution in [0.5, 0.6) is 11.6 Å². The third-order valence-corrected chi connectivity index (χ3v) is 8.15. The van der Waals surface area contributed by atoms with Crippen LogP contribution in [0, 0.1) is 11.3 Å². The second-order valence-corrected chi connectivity index (χ2v) is 11.6. The summed E-state index contributed by atoms with van der Waals surface area (Å²) in [5.74, 6) is -0.0610. The van der Waals surface area contributed by atoms with Crippen LogP contribution in [0.2, 0.25) is 0 Å². The van der Waals surface area contributed by atoms with Crippen molar-refractivity contribution >= 4 is 22.6 Å². The van der Waals surface area contributed by atoms with Crippen LogP contribution in [0.3, 0.4) is 0 Å². The molecule has 2 N–H and O–H groups in total. The number of fused-ring (bicyclic) bond motifs is 1. The van der Waals surface area contributed by atoms with E-state index in [4.69, 9.17) is 35.3 Å². The van der Waals surface area contributed by atoms with Crippen molar-refractivity contribution in [1.29, 1.82) is 5.26 Å². The minimum Gasteiger partial charge on any atom is -0.490 e. The van der Waals surface area contributed by atoms with E-state index in [0.717, 1.165) is 61.6 Å². The molecule has 1 saturated carbocycles. The Balaban J connectivity index is 1.50. The molecule has 11 heteroatoms. The fourth-order valence-corrected chi connectivity index (χ4v) is 6.10. The molecule has 2 amide bonds. The van der Waals surface area contributed by atoms with Crippen molar-refractivity contribution in [3.8, 4) is 28.8 Å². The SMILES string of the molecule is CCOC1CCC(n2cc(-c3cnc(O[C@@H]4CCCN(C(=O)CC#N)C4)c4cc(OC(C)C)c(C(N)=O)cc34)cn2)CC1. The second-order valence-electron chi connectivity index (χ2n) is 11.6. The Kier molecular flexibility index (Phi) is 9.46. The van der Waals surface area contributed by atoms with Crippen molar-refractivity contribution in [2.75, 3.05) is 19.7 Å². The number of nitriles is 1. The number of carbonyl (C=O) groups is 2. The van der Waals surface area contributed by atoms with Gasteiger partial charge >= 0.3 is 0 Å². The number of primary amides is 1. The van der Waals surface area contributed by atoms with Gasteiger partial charge in [-0.3, -0.25) is 14.3 Å². The molecule has 0 spiro atoms. The molecule has 1 aliphatic heterocycles. The van der Waals surface area contributed by atoms with Crippen LogP contribution >= 0.6 is 0 Å². The molecule has 1 aromatic carbocycles. The highest BCUT2D eigenvalue weighted by atomic mass is 16.5. The van der Waals surface area contributed by atoms with Crippen LogP contribution in [0.4, 0.5) is 0 Å². The number of hydrogen-bond donors (Lipinski definition) is 1. The molecule has 0 bridgehead atoms. The topological polar surface area (TPSA) is 146 Å². The molecule has 2 fully saturated rings. The molecule has 1 aliphatic carbocycles. The largest absolute Gasteiger partial charge is 0.490 e. The van der Waals surface area contributed by atoms with Gasteiger partial charge in [0.2, 0.25) is 11.8 Å². The summed E-state index contributed by atoms with van der Waals surface area (Å²) < 4.78 is 20.3. The number of amides is 2. The summed E-state index contributed by atoms with van der Waals surface area (Å²) in [6.45, 7) is 7.50. The number of aromatic nitrogens is 3. The molecule has 3 heterocycles. The molecule has 0 unspecified atom stereocenters. The highest BCUT2D eigenvalue weighted by Crippen LogP contribution is 2.39. The molecule has 5 rings (SSSR count). The number of piperidine rings is 1. The third kappa shape index (κ3) is 6.91. The fraction of sp³-hybridized carbons (Fsp3) is 0.531. The van der Waals surface area contributed by atoms with E-state index in [9.17, 15) is 9.59 Å². The molecule has 3 aromatic rings. The summed E-state index contributed by atoms with van der Waals surface area (Å²) in [5.41, 5.74) is 7.74. The lowest BCUT2D eigenvalue weighted by atomic mass is 9.93.